The van der Waals surface area contributed by atoms with Crippen molar-refractivity contribution in [1.29, 1.82) is 0 Å². The van der Waals surface area contributed by atoms with E-state index in [2.05, 4.69) is 24.9 Å². The number of hydrogen-bond donors (Lipinski definition) is 2. The van der Waals surface area contributed by atoms with Crippen molar-refractivity contribution >= 4 is 39.5 Å². The average Bonchev–Trinajstić information content (AvgIpc) is 3.26. The van der Waals surface area contributed by atoms with Gasteiger partial charge < -0.3 is 10.7 Å². The van der Waals surface area contributed by atoms with E-state index < -0.39 is 23.0 Å². The Morgan fingerprint density at radius 3 is 2.48 bits per heavy atom. The highest BCUT2D eigenvalue weighted by Crippen LogP contribution is 2.24. The maximum absolute atomic E-state index is 13.6. The molecular weight excluding hydrogens is 459 g/mol. The van der Waals surface area contributed by atoms with Gasteiger partial charge in [0.2, 0.25) is 0 Å². The van der Waals surface area contributed by atoms with Gasteiger partial charge in [-0.1, -0.05) is 18.5 Å². The summed E-state index contributed by atoms with van der Waals surface area (Å²) in [7, 11) is 0. The van der Waals surface area contributed by atoms with Crippen LogP contribution in [0.25, 0.3) is 27.8 Å². The quantitative estimate of drug-likeness (QED) is 0.401. The zero-order chi connectivity index (χ0) is 23.7. The van der Waals surface area contributed by atoms with Crippen molar-refractivity contribution in [3.8, 4) is 5.69 Å². The van der Waals surface area contributed by atoms with Crippen LogP contribution in [0.5, 0.6) is 0 Å². The fourth-order valence-electron chi connectivity index (χ4n) is 3.21. The van der Waals surface area contributed by atoms with E-state index in [4.69, 9.17) is 17.3 Å². The van der Waals surface area contributed by atoms with Crippen molar-refractivity contribution in [1.82, 2.24) is 29.5 Å². The lowest BCUT2D eigenvalue weighted by molar-refractivity contribution is 0.580. The molecule has 0 spiro atoms. The lowest BCUT2D eigenvalue weighted by Crippen LogP contribution is -2.24. The number of aromatic nitrogens is 6. The van der Waals surface area contributed by atoms with Gasteiger partial charge >= 0.3 is 0 Å². The Labute approximate surface area is 188 Å². The van der Waals surface area contributed by atoms with Crippen LogP contribution in [0.1, 0.15) is 12.7 Å². The largest absolute Gasteiger partial charge is 0.382 e. The van der Waals surface area contributed by atoms with Gasteiger partial charge in [0, 0.05) is 12.5 Å². The second-order valence-corrected chi connectivity index (χ2v) is 7.14. The van der Waals surface area contributed by atoms with Gasteiger partial charge in [-0.15, -0.1) is 0 Å². The molecule has 5 aromatic rings. The topological polar surface area (TPSA) is 115 Å². The van der Waals surface area contributed by atoms with Crippen molar-refractivity contribution in [2.75, 3.05) is 5.73 Å². The summed E-state index contributed by atoms with van der Waals surface area (Å²) in [5.74, 6) is -1.71. The highest BCUT2D eigenvalue weighted by Gasteiger charge is 2.17. The third-order valence-electron chi connectivity index (χ3n) is 4.67. The van der Waals surface area contributed by atoms with E-state index in [1.54, 1.807) is 6.92 Å². The molecule has 3 heterocycles. The number of aromatic amines is 1. The number of H-pyrrole nitrogens is 1. The van der Waals surface area contributed by atoms with Crippen molar-refractivity contribution in [3.63, 3.8) is 0 Å². The number of nitrogens with one attached hydrogen (secondary N) is 1. The van der Waals surface area contributed by atoms with Gasteiger partial charge in [-0.3, -0.25) is 9.36 Å². The number of fused-ring (bicyclic) bond motifs is 2. The van der Waals surface area contributed by atoms with Gasteiger partial charge in [0.15, 0.2) is 11.5 Å². The number of nitrogen functional groups attached to an aromatic ring is 1. The second-order valence-electron chi connectivity index (χ2n) is 6.77. The lowest BCUT2D eigenvalue weighted by Gasteiger charge is -2.13. The normalized spacial score (nSPS) is 10.9. The summed E-state index contributed by atoms with van der Waals surface area (Å²) in [6.07, 6.45) is 3.26. The zero-order valence-electron chi connectivity index (χ0n) is 17.0. The molecule has 0 amide bonds. The third kappa shape index (κ3) is 4.22. The predicted octanol–water partition coefficient (Wildman–Crippen LogP) is 3.95. The van der Waals surface area contributed by atoms with E-state index in [0.717, 1.165) is 22.8 Å². The lowest BCUT2D eigenvalue weighted by atomic mass is 10.2. The second kappa shape index (κ2) is 8.87. The van der Waals surface area contributed by atoms with Crippen LogP contribution in [0.2, 0.25) is 5.02 Å². The first-order valence-corrected chi connectivity index (χ1v) is 9.93. The molecule has 168 valence electrons. The number of nitrogens with two attached hydrogens (primary N) is 1. The Morgan fingerprint density at radius 2 is 1.82 bits per heavy atom. The minimum atomic E-state index is -0.834. The summed E-state index contributed by atoms with van der Waals surface area (Å²) in [4.78, 5) is 31.4. The Hall–Kier alpha value is -3.99. The van der Waals surface area contributed by atoms with E-state index in [9.17, 15) is 18.0 Å². The van der Waals surface area contributed by atoms with Crippen LogP contribution in [0.3, 0.4) is 0 Å². The van der Waals surface area contributed by atoms with Crippen LogP contribution in [-0.4, -0.2) is 29.5 Å². The summed E-state index contributed by atoms with van der Waals surface area (Å²) in [5, 5.41) is -0.498. The SMILES string of the molecule is CCc1nc2ccc(F)c(Cl)c2c(=O)n1-c1cc(F)cc(F)c1.Nc1ncnc2nc[nH]c12. The van der Waals surface area contributed by atoms with E-state index >= 15 is 0 Å². The molecule has 0 aliphatic rings. The minimum Gasteiger partial charge on any atom is -0.382 e. The van der Waals surface area contributed by atoms with Gasteiger partial charge in [-0.05, 0) is 24.3 Å². The average molecular weight is 474 g/mol. The molecular formula is C21H15ClF3N7O. The van der Waals surface area contributed by atoms with Crippen LogP contribution in [0.15, 0.2) is 47.8 Å². The monoisotopic (exact) mass is 473 g/mol. The number of hydrogen-bond acceptors (Lipinski definition) is 6. The molecule has 2 aromatic carbocycles. The van der Waals surface area contributed by atoms with Crippen molar-refractivity contribution in [2.24, 2.45) is 0 Å². The first kappa shape index (κ1) is 22.2. The number of benzene rings is 2. The smallest absolute Gasteiger partial charge is 0.267 e. The minimum absolute atomic E-state index is 0.0286. The van der Waals surface area contributed by atoms with E-state index in [1.165, 1.54) is 18.7 Å². The molecule has 0 saturated heterocycles. The molecule has 33 heavy (non-hydrogen) atoms. The number of rotatable bonds is 2. The molecule has 12 heteroatoms. The van der Waals surface area contributed by atoms with Crippen molar-refractivity contribution in [2.45, 2.75) is 13.3 Å². The molecule has 0 aliphatic heterocycles. The van der Waals surface area contributed by atoms with Crippen LogP contribution in [0.4, 0.5) is 19.0 Å². The van der Waals surface area contributed by atoms with Crippen LogP contribution < -0.4 is 11.3 Å². The Balaban J connectivity index is 0.000000214. The summed E-state index contributed by atoms with van der Waals surface area (Å²) >= 11 is 5.87. The number of aryl methyl sites for hydroxylation is 1. The van der Waals surface area contributed by atoms with Gasteiger partial charge in [0.1, 0.15) is 35.1 Å². The summed E-state index contributed by atoms with van der Waals surface area (Å²) in [6.45, 7) is 1.74. The van der Waals surface area contributed by atoms with Gasteiger partial charge in [0.25, 0.3) is 5.56 Å². The van der Waals surface area contributed by atoms with Crippen molar-refractivity contribution in [3.05, 3.63) is 81.6 Å². The van der Waals surface area contributed by atoms with Gasteiger partial charge in [-0.2, -0.15) is 0 Å². The Kier molecular flexibility index (Phi) is 5.97. The Bertz CT molecular complexity index is 1530. The summed E-state index contributed by atoms with van der Waals surface area (Å²) in [5.41, 5.74) is 6.30. The van der Waals surface area contributed by atoms with Crippen LogP contribution in [0, 0.1) is 17.5 Å². The molecule has 0 radical (unpaired) electrons. The molecule has 8 nitrogen and oxygen atoms in total. The molecule has 5 rings (SSSR count). The molecule has 0 saturated carbocycles. The molecule has 0 aliphatic carbocycles. The predicted molar refractivity (Wildman–Crippen MR) is 118 cm³/mol. The van der Waals surface area contributed by atoms with Crippen LogP contribution >= 0.6 is 11.6 Å². The standard InChI is InChI=1S/C16H10ClF3N2O.C5H5N5/c1-2-13-21-12-4-3-11(20)15(17)14(12)16(23)22(13)10-6-8(18)5-9(19)7-10;6-4-3-5(9-1-7-3)10-2-8-4/h3-7H,2H2,1H3;1-2H,(H3,6,7,8,9,10). The number of anilines is 1. The highest BCUT2D eigenvalue weighted by molar-refractivity contribution is 6.35. The fraction of sp³-hybridized carbons (Fsp3) is 0.0952. The Morgan fingerprint density at radius 1 is 1.09 bits per heavy atom. The van der Waals surface area contributed by atoms with Crippen molar-refractivity contribution < 1.29 is 13.2 Å². The molecule has 0 unspecified atom stereocenters. The van der Waals surface area contributed by atoms with E-state index in [0.29, 0.717) is 29.5 Å². The molecule has 0 fully saturated rings. The van der Waals surface area contributed by atoms with E-state index in [1.807, 2.05) is 0 Å². The number of halogens is 4. The molecule has 3 N–H and O–H groups in total. The number of nitrogens with zero attached hydrogens (tertiary/aromatic N) is 5. The third-order valence-corrected chi connectivity index (χ3v) is 5.04. The summed E-state index contributed by atoms with van der Waals surface area (Å²) in [6, 6.07) is 5.16. The number of imidazole rings is 1. The molecule has 3 aromatic heterocycles. The van der Waals surface area contributed by atoms with Crippen LogP contribution in [-0.2, 0) is 6.42 Å². The van der Waals surface area contributed by atoms with E-state index in [-0.39, 0.29) is 27.4 Å². The maximum atomic E-state index is 13.6. The maximum Gasteiger partial charge on any atom is 0.267 e. The van der Waals surface area contributed by atoms with Gasteiger partial charge in [0.05, 0.1) is 27.9 Å². The molecule has 0 bridgehead atoms. The van der Waals surface area contributed by atoms with Gasteiger partial charge in [-0.25, -0.2) is 33.1 Å². The first-order valence-electron chi connectivity index (χ1n) is 9.55. The fourth-order valence-corrected chi connectivity index (χ4v) is 3.45. The highest BCUT2D eigenvalue weighted by atomic mass is 35.5. The zero-order valence-corrected chi connectivity index (χ0v) is 17.7. The molecule has 0 atom stereocenters. The summed E-state index contributed by atoms with van der Waals surface area (Å²) < 4.78 is 41.6. The first-order chi connectivity index (χ1) is 15.8.